The quantitative estimate of drug-likeness (QED) is 0.882. The van der Waals surface area contributed by atoms with E-state index in [1.165, 1.54) is 0 Å². The number of halogens is 1. The number of ether oxygens (including phenoxy) is 2. The van der Waals surface area contributed by atoms with Crippen LogP contribution in [0.4, 0.5) is 5.82 Å². The summed E-state index contributed by atoms with van der Waals surface area (Å²) in [5.74, 6) is 1.71. The third-order valence-electron chi connectivity index (χ3n) is 1.96. The third kappa shape index (κ3) is 3.07. The monoisotopic (exact) mass is 295 g/mol. The van der Waals surface area contributed by atoms with Gasteiger partial charge in [0.1, 0.15) is 21.9 Å². The van der Waals surface area contributed by atoms with Gasteiger partial charge in [-0.3, -0.25) is 0 Å². The third-order valence-corrected chi connectivity index (χ3v) is 2.37. The zero-order valence-electron chi connectivity index (χ0n) is 9.05. The fourth-order valence-electron chi connectivity index (χ4n) is 1.21. The molecule has 1 aromatic heterocycles. The lowest BCUT2D eigenvalue weighted by Crippen LogP contribution is -1.97. The summed E-state index contributed by atoms with van der Waals surface area (Å²) in [5, 5.41) is 0. The SMILES string of the molecule is COc1ccc(Oc2nc(N)cc(Br)n2)cc1. The smallest absolute Gasteiger partial charge is 0.325 e. The topological polar surface area (TPSA) is 70.3 Å². The zero-order chi connectivity index (χ0) is 12.3. The molecule has 6 heteroatoms. The summed E-state index contributed by atoms with van der Waals surface area (Å²) < 4.78 is 11.1. The van der Waals surface area contributed by atoms with E-state index in [1.54, 1.807) is 37.4 Å². The number of aromatic nitrogens is 2. The number of hydrogen-bond donors (Lipinski definition) is 1. The van der Waals surface area contributed by atoms with Crippen LogP contribution >= 0.6 is 15.9 Å². The number of hydrogen-bond acceptors (Lipinski definition) is 5. The highest BCUT2D eigenvalue weighted by Gasteiger charge is 2.03. The van der Waals surface area contributed by atoms with Gasteiger partial charge in [0.2, 0.25) is 0 Å². The van der Waals surface area contributed by atoms with E-state index in [4.69, 9.17) is 15.2 Å². The second kappa shape index (κ2) is 5.01. The predicted octanol–water partition coefficient (Wildman–Crippen LogP) is 2.62. The van der Waals surface area contributed by atoms with Gasteiger partial charge in [0.15, 0.2) is 0 Å². The molecule has 0 unspecified atom stereocenters. The van der Waals surface area contributed by atoms with Gasteiger partial charge >= 0.3 is 6.01 Å². The summed E-state index contributed by atoms with van der Waals surface area (Å²) >= 11 is 3.22. The molecule has 1 aromatic carbocycles. The molecule has 0 aliphatic heterocycles. The molecular formula is C11H10BrN3O2. The second-order valence-corrected chi connectivity index (χ2v) is 3.99. The average Bonchev–Trinajstić information content (AvgIpc) is 2.28. The highest BCUT2D eigenvalue weighted by Crippen LogP contribution is 2.23. The summed E-state index contributed by atoms with van der Waals surface area (Å²) in [7, 11) is 1.61. The summed E-state index contributed by atoms with van der Waals surface area (Å²) in [6.45, 7) is 0. The number of anilines is 1. The van der Waals surface area contributed by atoms with Crippen molar-refractivity contribution in [3.8, 4) is 17.5 Å². The van der Waals surface area contributed by atoms with E-state index in [9.17, 15) is 0 Å². The Labute approximate surface area is 107 Å². The largest absolute Gasteiger partial charge is 0.497 e. The predicted molar refractivity (Wildman–Crippen MR) is 67.2 cm³/mol. The first kappa shape index (κ1) is 11.7. The molecule has 2 N–H and O–H groups in total. The van der Waals surface area contributed by atoms with Crippen LogP contribution in [-0.2, 0) is 0 Å². The minimum atomic E-state index is 0.196. The first-order chi connectivity index (χ1) is 8.17. The van der Waals surface area contributed by atoms with E-state index in [0.29, 0.717) is 16.2 Å². The van der Waals surface area contributed by atoms with Gasteiger partial charge in [-0.25, -0.2) is 0 Å². The lowest BCUT2D eigenvalue weighted by atomic mass is 10.3. The molecule has 0 aliphatic carbocycles. The van der Waals surface area contributed by atoms with Crippen molar-refractivity contribution in [3.63, 3.8) is 0 Å². The van der Waals surface area contributed by atoms with Crippen LogP contribution in [0.1, 0.15) is 0 Å². The Morgan fingerprint density at radius 2 is 1.76 bits per heavy atom. The second-order valence-electron chi connectivity index (χ2n) is 3.18. The van der Waals surface area contributed by atoms with Crippen LogP contribution in [0.5, 0.6) is 17.5 Å². The Kier molecular flexibility index (Phi) is 3.43. The van der Waals surface area contributed by atoms with Gasteiger partial charge in [0.25, 0.3) is 0 Å². The normalized spacial score (nSPS) is 10.0. The van der Waals surface area contributed by atoms with Gasteiger partial charge in [-0.1, -0.05) is 0 Å². The molecule has 2 aromatic rings. The maximum absolute atomic E-state index is 5.58. The summed E-state index contributed by atoms with van der Waals surface area (Å²) in [4.78, 5) is 8.00. The molecule has 0 radical (unpaired) electrons. The molecular weight excluding hydrogens is 286 g/mol. The maximum atomic E-state index is 5.58. The molecule has 0 atom stereocenters. The molecule has 0 bridgehead atoms. The minimum Gasteiger partial charge on any atom is -0.497 e. The van der Waals surface area contributed by atoms with Crippen molar-refractivity contribution in [2.45, 2.75) is 0 Å². The molecule has 5 nitrogen and oxygen atoms in total. The number of nitrogens with zero attached hydrogens (tertiary/aromatic N) is 2. The average molecular weight is 296 g/mol. The van der Waals surface area contributed by atoms with Crippen LogP contribution < -0.4 is 15.2 Å². The van der Waals surface area contributed by atoms with Gasteiger partial charge in [-0.05, 0) is 40.2 Å². The van der Waals surface area contributed by atoms with Crippen molar-refractivity contribution in [3.05, 3.63) is 34.9 Å². The molecule has 2 rings (SSSR count). The van der Waals surface area contributed by atoms with Crippen molar-refractivity contribution < 1.29 is 9.47 Å². The van der Waals surface area contributed by atoms with Gasteiger partial charge in [0, 0.05) is 6.07 Å². The Bertz CT molecular complexity index is 496. The van der Waals surface area contributed by atoms with Crippen LogP contribution in [0.15, 0.2) is 34.9 Å². The van der Waals surface area contributed by atoms with Crippen molar-refractivity contribution in [2.24, 2.45) is 0 Å². The highest BCUT2D eigenvalue weighted by atomic mass is 79.9. The molecule has 0 fully saturated rings. The molecule has 0 saturated heterocycles. The van der Waals surface area contributed by atoms with Crippen LogP contribution in [0.3, 0.4) is 0 Å². The van der Waals surface area contributed by atoms with Crippen LogP contribution in [0.25, 0.3) is 0 Å². The van der Waals surface area contributed by atoms with Gasteiger partial charge in [-0.15, -0.1) is 0 Å². The van der Waals surface area contributed by atoms with E-state index in [1.807, 2.05) is 0 Å². The number of nitrogen functional groups attached to an aromatic ring is 1. The summed E-state index contributed by atoms with van der Waals surface area (Å²) in [5.41, 5.74) is 5.58. The van der Waals surface area contributed by atoms with Crippen molar-refractivity contribution >= 4 is 21.7 Å². The fourth-order valence-corrected chi connectivity index (χ4v) is 1.59. The van der Waals surface area contributed by atoms with Crippen molar-refractivity contribution in [1.29, 1.82) is 0 Å². The zero-order valence-corrected chi connectivity index (χ0v) is 10.6. The molecule has 0 saturated carbocycles. The lowest BCUT2D eigenvalue weighted by molar-refractivity contribution is 0.410. The molecule has 0 aliphatic rings. The maximum Gasteiger partial charge on any atom is 0.325 e. The molecule has 1 heterocycles. The molecule has 0 spiro atoms. The summed E-state index contributed by atoms with van der Waals surface area (Å²) in [6, 6.07) is 8.90. The number of benzene rings is 1. The minimum absolute atomic E-state index is 0.196. The Hall–Kier alpha value is -1.82. The van der Waals surface area contributed by atoms with E-state index in [2.05, 4.69) is 25.9 Å². The Morgan fingerprint density at radius 3 is 2.35 bits per heavy atom. The first-order valence-corrected chi connectivity index (χ1v) is 5.58. The van der Waals surface area contributed by atoms with Crippen molar-refractivity contribution in [1.82, 2.24) is 9.97 Å². The number of rotatable bonds is 3. The van der Waals surface area contributed by atoms with Crippen LogP contribution in [0, 0.1) is 0 Å². The van der Waals surface area contributed by atoms with Crippen molar-refractivity contribution in [2.75, 3.05) is 12.8 Å². The van der Waals surface area contributed by atoms with E-state index in [0.717, 1.165) is 5.75 Å². The van der Waals surface area contributed by atoms with E-state index in [-0.39, 0.29) is 6.01 Å². The standard InChI is InChI=1S/C11H10BrN3O2/c1-16-7-2-4-8(5-3-7)17-11-14-9(12)6-10(13)15-11/h2-6H,1H3,(H2,13,14,15). The van der Waals surface area contributed by atoms with Gasteiger partial charge in [0.05, 0.1) is 7.11 Å². The lowest BCUT2D eigenvalue weighted by Gasteiger charge is -2.05. The summed E-state index contributed by atoms with van der Waals surface area (Å²) in [6.07, 6.45) is 0. The van der Waals surface area contributed by atoms with Gasteiger partial charge in [-0.2, -0.15) is 9.97 Å². The Balaban J connectivity index is 2.19. The highest BCUT2D eigenvalue weighted by molar-refractivity contribution is 9.10. The number of nitrogens with two attached hydrogens (primary N) is 1. The van der Waals surface area contributed by atoms with Gasteiger partial charge < -0.3 is 15.2 Å². The first-order valence-electron chi connectivity index (χ1n) is 4.79. The number of methoxy groups -OCH3 is 1. The molecule has 0 amide bonds. The molecule has 88 valence electrons. The molecule has 17 heavy (non-hydrogen) atoms. The Morgan fingerprint density at radius 1 is 1.12 bits per heavy atom. The fraction of sp³-hybridized carbons (Fsp3) is 0.0909. The van der Waals surface area contributed by atoms with Crippen LogP contribution in [0.2, 0.25) is 0 Å². The van der Waals surface area contributed by atoms with E-state index < -0.39 is 0 Å². The van der Waals surface area contributed by atoms with E-state index >= 15 is 0 Å². The van der Waals surface area contributed by atoms with Crippen LogP contribution in [-0.4, -0.2) is 17.1 Å².